The third-order valence-electron chi connectivity index (χ3n) is 4.19. The summed E-state index contributed by atoms with van der Waals surface area (Å²) in [5.41, 5.74) is -0.431. The highest BCUT2D eigenvalue weighted by molar-refractivity contribution is 5.86. The summed E-state index contributed by atoms with van der Waals surface area (Å²) < 4.78 is 0. The Morgan fingerprint density at radius 1 is 1.41 bits per heavy atom. The van der Waals surface area contributed by atoms with Crippen LogP contribution in [0, 0.1) is 5.92 Å². The summed E-state index contributed by atoms with van der Waals surface area (Å²) in [4.78, 5) is 25.5. The molecule has 2 fully saturated rings. The first-order chi connectivity index (χ1) is 8.01. The SMILES string of the molecule is CC1(C)C(=O)NCCN1CCC1CCCC1=O. The standard InChI is InChI=1S/C13H22N2O2/c1-13(2)12(17)14-7-9-15(13)8-6-10-4-3-5-11(10)16/h10H,3-9H2,1-2H3,(H,14,17). The number of carbonyl (C=O) groups excluding carboxylic acids is 2. The van der Waals surface area contributed by atoms with Gasteiger partial charge in [0.25, 0.3) is 0 Å². The Morgan fingerprint density at radius 2 is 2.18 bits per heavy atom. The van der Waals surface area contributed by atoms with E-state index in [0.717, 1.165) is 45.3 Å². The first kappa shape index (κ1) is 12.6. The van der Waals surface area contributed by atoms with Gasteiger partial charge in [0.05, 0.1) is 5.54 Å². The largest absolute Gasteiger partial charge is 0.353 e. The van der Waals surface area contributed by atoms with E-state index in [2.05, 4.69) is 10.2 Å². The molecule has 1 atom stereocenters. The van der Waals surface area contributed by atoms with Crippen molar-refractivity contribution < 1.29 is 9.59 Å². The van der Waals surface area contributed by atoms with Crippen LogP contribution in [0.2, 0.25) is 0 Å². The van der Waals surface area contributed by atoms with Crippen molar-refractivity contribution in [2.45, 2.75) is 45.1 Å². The summed E-state index contributed by atoms with van der Waals surface area (Å²) in [6.45, 7) is 6.38. The van der Waals surface area contributed by atoms with Crippen molar-refractivity contribution in [2.24, 2.45) is 5.92 Å². The van der Waals surface area contributed by atoms with E-state index in [-0.39, 0.29) is 11.8 Å². The van der Waals surface area contributed by atoms with Gasteiger partial charge in [0, 0.05) is 25.4 Å². The first-order valence-corrected chi connectivity index (χ1v) is 6.58. The quantitative estimate of drug-likeness (QED) is 0.796. The fourth-order valence-corrected chi connectivity index (χ4v) is 2.84. The molecule has 0 radical (unpaired) electrons. The molecule has 2 rings (SSSR count). The summed E-state index contributed by atoms with van der Waals surface area (Å²) >= 11 is 0. The number of carbonyl (C=O) groups is 2. The molecule has 0 bridgehead atoms. The maximum Gasteiger partial charge on any atom is 0.239 e. The molecule has 0 aromatic carbocycles. The predicted octanol–water partition coefficient (Wildman–Crippen LogP) is 0.956. The zero-order valence-electron chi connectivity index (χ0n) is 10.8. The summed E-state index contributed by atoms with van der Waals surface area (Å²) in [7, 11) is 0. The maximum absolute atomic E-state index is 11.8. The molecule has 0 aromatic heterocycles. The molecule has 1 saturated heterocycles. The number of ketones is 1. The highest BCUT2D eigenvalue weighted by Crippen LogP contribution is 2.26. The average Bonchev–Trinajstić information content (AvgIpc) is 2.67. The molecule has 4 heteroatoms. The van der Waals surface area contributed by atoms with Crippen LogP contribution < -0.4 is 5.32 Å². The Morgan fingerprint density at radius 3 is 2.82 bits per heavy atom. The van der Waals surface area contributed by atoms with Gasteiger partial charge in [-0.05, 0) is 39.7 Å². The lowest BCUT2D eigenvalue weighted by Crippen LogP contribution is -2.61. The number of nitrogens with one attached hydrogen (secondary N) is 1. The Hall–Kier alpha value is -0.900. The van der Waals surface area contributed by atoms with E-state index in [1.165, 1.54) is 0 Å². The Labute approximate surface area is 103 Å². The van der Waals surface area contributed by atoms with Crippen molar-refractivity contribution in [1.29, 1.82) is 0 Å². The van der Waals surface area contributed by atoms with Crippen LogP contribution in [0.5, 0.6) is 0 Å². The summed E-state index contributed by atoms with van der Waals surface area (Å²) in [6.07, 6.45) is 3.76. The second-order valence-corrected chi connectivity index (χ2v) is 5.65. The van der Waals surface area contributed by atoms with Crippen LogP contribution in [0.25, 0.3) is 0 Å². The molecule has 1 saturated carbocycles. The summed E-state index contributed by atoms with van der Waals surface area (Å²) in [5.74, 6) is 0.765. The van der Waals surface area contributed by atoms with Gasteiger partial charge in [-0.2, -0.15) is 0 Å². The Balaban J connectivity index is 1.89. The minimum absolute atomic E-state index is 0.0986. The minimum atomic E-state index is -0.431. The zero-order valence-corrected chi connectivity index (χ0v) is 10.8. The van der Waals surface area contributed by atoms with Crippen molar-refractivity contribution in [3.05, 3.63) is 0 Å². The average molecular weight is 238 g/mol. The monoisotopic (exact) mass is 238 g/mol. The molecule has 2 aliphatic rings. The minimum Gasteiger partial charge on any atom is -0.353 e. The van der Waals surface area contributed by atoms with Gasteiger partial charge in [-0.3, -0.25) is 14.5 Å². The molecule has 0 aromatic rings. The summed E-state index contributed by atoms with van der Waals surface area (Å²) in [6, 6.07) is 0. The van der Waals surface area contributed by atoms with Crippen LogP contribution in [0.4, 0.5) is 0 Å². The number of nitrogens with zero attached hydrogens (tertiary/aromatic N) is 1. The third-order valence-corrected chi connectivity index (χ3v) is 4.19. The Kier molecular flexibility index (Phi) is 3.52. The smallest absolute Gasteiger partial charge is 0.239 e. The normalized spacial score (nSPS) is 29.4. The van der Waals surface area contributed by atoms with Gasteiger partial charge in [0.2, 0.25) is 5.91 Å². The maximum atomic E-state index is 11.8. The fraction of sp³-hybridized carbons (Fsp3) is 0.846. The van der Waals surface area contributed by atoms with Gasteiger partial charge in [-0.1, -0.05) is 0 Å². The highest BCUT2D eigenvalue weighted by atomic mass is 16.2. The van der Waals surface area contributed by atoms with Crippen molar-refractivity contribution in [2.75, 3.05) is 19.6 Å². The number of Topliss-reactive ketones (excluding diaryl/α,β-unsaturated/α-hetero) is 1. The molecule has 1 aliphatic carbocycles. The topological polar surface area (TPSA) is 49.4 Å². The van der Waals surface area contributed by atoms with Gasteiger partial charge in [-0.15, -0.1) is 0 Å². The number of hydrogen-bond donors (Lipinski definition) is 1. The van der Waals surface area contributed by atoms with Crippen LogP contribution in [0.3, 0.4) is 0 Å². The molecular formula is C13H22N2O2. The fourth-order valence-electron chi connectivity index (χ4n) is 2.84. The molecule has 1 N–H and O–H groups in total. The number of amides is 1. The highest BCUT2D eigenvalue weighted by Gasteiger charge is 2.37. The predicted molar refractivity (Wildman–Crippen MR) is 65.6 cm³/mol. The van der Waals surface area contributed by atoms with Crippen LogP contribution in [0.1, 0.15) is 39.5 Å². The van der Waals surface area contributed by atoms with Gasteiger partial charge in [-0.25, -0.2) is 0 Å². The third kappa shape index (κ3) is 2.51. The van der Waals surface area contributed by atoms with E-state index in [1.54, 1.807) is 0 Å². The van der Waals surface area contributed by atoms with Crippen molar-refractivity contribution in [3.8, 4) is 0 Å². The molecule has 96 valence electrons. The van der Waals surface area contributed by atoms with Crippen LogP contribution in [0.15, 0.2) is 0 Å². The van der Waals surface area contributed by atoms with E-state index >= 15 is 0 Å². The molecule has 1 heterocycles. The van der Waals surface area contributed by atoms with E-state index in [4.69, 9.17) is 0 Å². The molecule has 1 aliphatic heterocycles. The van der Waals surface area contributed by atoms with E-state index < -0.39 is 5.54 Å². The lowest BCUT2D eigenvalue weighted by atomic mass is 9.96. The number of hydrogen-bond acceptors (Lipinski definition) is 3. The van der Waals surface area contributed by atoms with E-state index in [0.29, 0.717) is 5.78 Å². The summed E-state index contributed by atoms with van der Waals surface area (Å²) in [5, 5.41) is 2.89. The number of piperazine rings is 1. The second-order valence-electron chi connectivity index (χ2n) is 5.65. The molecular weight excluding hydrogens is 216 g/mol. The van der Waals surface area contributed by atoms with Crippen molar-refractivity contribution in [3.63, 3.8) is 0 Å². The van der Waals surface area contributed by atoms with Crippen molar-refractivity contribution >= 4 is 11.7 Å². The van der Waals surface area contributed by atoms with Crippen molar-refractivity contribution in [1.82, 2.24) is 10.2 Å². The lowest BCUT2D eigenvalue weighted by Gasteiger charge is -2.41. The molecule has 1 amide bonds. The molecule has 0 spiro atoms. The van der Waals surface area contributed by atoms with Crippen LogP contribution >= 0.6 is 0 Å². The van der Waals surface area contributed by atoms with Gasteiger partial charge in [0.15, 0.2) is 0 Å². The van der Waals surface area contributed by atoms with Gasteiger partial charge >= 0.3 is 0 Å². The van der Waals surface area contributed by atoms with E-state index in [9.17, 15) is 9.59 Å². The van der Waals surface area contributed by atoms with Gasteiger partial charge < -0.3 is 5.32 Å². The Bertz CT molecular complexity index is 325. The van der Waals surface area contributed by atoms with Gasteiger partial charge in [0.1, 0.15) is 5.78 Å². The second kappa shape index (κ2) is 4.77. The molecule has 1 unspecified atom stereocenters. The van der Waals surface area contributed by atoms with Crippen LogP contribution in [-0.4, -0.2) is 41.8 Å². The molecule has 17 heavy (non-hydrogen) atoms. The number of rotatable bonds is 3. The zero-order chi connectivity index (χ0) is 12.5. The van der Waals surface area contributed by atoms with E-state index in [1.807, 2.05) is 13.8 Å². The molecule has 4 nitrogen and oxygen atoms in total. The first-order valence-electron chi connectivity index (χ1n) is 6.58. The van der Waals surface area contributed by atoms with Crippen LogP contribution in [-0.2, 0) is 9.59 Å². The lowest BCUT2D eigenvalue weighted by molar-refractivity contribution is -0.135.